The molecule has 0 saturated carbocycles. The summed E-state index contributed by atoms with van der Waals surface area (Å²) in [5.74, 6) is 1.21. The maximum absolute atomic E-state index is 12.9. The van der Waals surface area contributed by atoms with Crippen molar-refractivity contribution in [2.75, 3.05) is 26.2 Å². The number of hydrogen-bond donors (Lipinski definition) is 0. The molecule has 1 aliphatic rings. The zero-order valence-corrected chi connectivity index (χ0v) is 17.3. The summed E-state index contributed by atoms with van der Waals surface area (Å²) in [5.41, 5.74) is -0.409. The van der Waals surface area contributed by atoms with E-state index in [1.807, 2.05) is 6.92 Å². The number of rotatable bonds is 8. The number of nitrogens with zero attached hydrogens (tertiary/aromatic N) is 5. The van der Waals surface area contributed by atoms with E-state index in [2.05, 4.69) is 22.0 Å². The highest BCUT2D eigenvalue weighted by atomic mass is 32.2. The normalized spacial score (nSPS) is 17.3. The second kappa shape index (κ2) is 8.97. The number of sulfonamides is 1. The highest BCUT2D eigenvalue weighted by Gasteiger charge is 2.35. The molecule has 0 spiro atoms. The van der Waals surface area contributed by atoms with Gasteiger partial charge in [-0.15, -0.1) is 0 Å². The van der Waals surface area contributed by atoms with Gasteiger partial charge in [-0.25, -0.2) is 8.42 Å². The Morgan fingerprint density at radius 1 is 1.24 bits per heavy atom. The largest absolute Gasteiger partial charge is 0.338 e. The molecular weight excluding hydrogens is 398 g/mol. The number of hydrogen-bond acceptors (Lipinski definition) is 8. The zero-order valence-electron chi connectivity index (χ0n) is 16.5. The first-order valence-electron chi connectivity index (χ1n) is 9.64. The lowest BCUT2D eigenvalue weighted by atomic mass is 10.2. The first-order chi connectivity index (χ1) is 13.8. The quantitative estimate of drug-likeness (QED) is 0.468. The number of para-hydroxylation sites is 1. The standard InChI is InChI=1S/C18H25N5O5S/c1-3-4-9-17-19-18(28-20-17)14(2)21-10-12-22(13-11-21)29(26,27)16-8-6-5-7-15(16)23(24)25/h5-8,14H,3-4,9-13H2,1-2H3. The van der Waals surface area contributed by atoms with Crippen molar-refractivity contribution in [1.29, 1.82) is 0 Å². The Balaban J connectivity index is 1.67. The molecule has 1 aliphatic heterocycles. The lowest BCUT2D eigenvalue weighted by molar-refractivity contribution is -0.387. The van der Waals surface area contributed by atoms with Gasteiger partial charge in [-0.3, -0.25) is 15.0 Å². The number of nitro groups is 1. The predicted molar refractivity (Wildman–Crippen MR) is 105 cm³/mol. The maximum atomic E-state index is 12.9. The summed E-state index contributed by atoms with van der Waals surface area (Å²) in [6.07, 6.45) is 2.82. The number of aryl methyl sites for hydroxylation is 1. The van der Waals surface area contributed by atoms with Crippen molar-refractivity contribution in [3.63, 3.8) is 0 Å². The molecular formula is C18H25N5O5S. The third-order valence-electron chi connectivity index (χ3n) is 5.10. The van der Waals surface area contributed by atoms with Crippen LogP contribution >= 0.6 is 0 Å². The van der Waals surface area contributed by atoms with Gasteiger partial charge in [0.1, 0.15) is 0 Å². The molecule has 2 heterocycles. The van der Waals surface area contributed by atoms with Gasteiger partial charge < -0.3 is 4.52 Å². The van der Waals surface area contributed by atoms with Crippen LogP contribution in [0.2, 0.25) is 0 Å². The summed E-state index contributed by atoms with van der Waals surface area (Å²) >= 11 is 0. The number of aromatic nitrogens is 2. The van der Waals surface area contributed by atoms with Crippen molar-refractivity contribution in [3.05, 3.63) is 46.1 Å². The van der Waals surface area contributed by atoms with Gasteiger partial charge in [-0.2, -0.15) is 9.29 Å². The van der Waals surface area contributed by atoms with Crippen molar-refractivity contribution in [2.24, 2.45) is 0 Å². The molecule has 1 fully saturated rings. The molecule has 1 aromatic heterocycles. The molecule has 11 heteroatoms. The first-order valence-corrected chi connectivity index (χ1v) is 11.1. The minimum atomic E-state index is -3.94. The van der Waals surface area contributed by atoms with Crippen molar-refractivity contribution in [1.82, 2.24) is 19.3 Å². The van der Waals surface area contributed by atoms with Crippen LogP contribution in [0.5, 0.6) is 0 Å². The Morgan fingerprint density at radius 2 is 1.93 bits per heavy atom. The van der Waals surface area contributed by atoms with E-state index in [1.165, 1.54) is 28.6 Å². The smallest absolute Gasteiger partial charge is 0.289 e. The van der Waals surface area contributed by atoms with Crippen molar-refractivity contribution < 1.29 is 17.9 Å². The molecule has 29 heavy (non-hydrogen) atoms. The Bertz CT molecular complexity index is 953. The Morgan fingerprint density at radius 3 is 2.59 bits per heavy atom. The number of piperazine rings is 1. The van der Waals surface area contributed by atoms with Gasteiger partial charge in [0.25, 0.3) is 5.69 Å². The van der Waals surface area contributed by atoms with Crippen LogP contribution in [0.4, 0.5) is 5.69 Å². The lowest BCUT2D eigenvalue weighted by Crippen LogP contribution is -2.49. The number of nitro benzene ring substituents is 1. The average Bonchev–Trinajstić information content (AvgIpc) is 3.20. The fourth-order valence-electron chi connectivity index (χ4n) is 3.33. The van der Waals surface area contributed by atoms with E-state index < -0.39 is 20.6 Å². The van der Waals surface area contributed by atoms with Crippen LogP contribution in [0.25, 0.3) is 0 Å². The number of unbranched alkanes of at least 4 members (excludes halogenated alkanes) is 1. The van der Waals surface area contributed by atoms with E-state index in [0.29, 0.717) is 24.8 Å². The Labute approximate surface area is 169 Å². The maximum Gasteiger partial charge on any atom is 0.289 e. The molecule has 0 amide bonds. The molecule has 0 radical (unpaired) electrons. The summed E-state index contributed by atoms with van der Waals surface area (Å²) in [4.78, 5) is 16.8. The third kappa shape index (κ3) is 4.62. The molecule has 3 rings (SSSR count). The highest BCUT2D eigenvalue weighted by molar-refractivity contribution is 7.89. The molecule has 2 aromatic rings. The average molecular weight is 423 g/mol. The lowest BCUT2D eigenvalue weighted by Gasteiger charge is -2.35. The van der Waals surface area contributed by atoms with Crippen LogP contribution < -0.4 is 0 Å². The molecule has 0 N–H and O–H groups in total. The van der Waals surface area contributed by atoms with E-state index >= 15 is 0 Å². The fourth-order valence-corrected chi connectivity index (χ4v) is 4.91. The molecule has 0 aliphatic carbocycles. The summed E-state index contributed by atoms with van der Waals surface area (Å²) < 4.78 is 32.5. The van der Waals surface area contributed by atoms with Gasteiger partial charge in [0.2, 0.25) is 15.9 Å². The van der Waals surface area contributed by atoms with Crippen LogP contribution in [0.3, 0.4) is 0 Å². The Hall–Kier alpha value is -2.37. The summed E-state index contributed by atoms with van der Waals surface area (Å²) in [7, 11) is -3.94. The summed E-state index contributed by atoms with van der Waals surface area (Å²) in [6.45, 7) is 5.44. The fraction of sp³-hybridized carbons (Fsp3) is 0.556. The molecule has 10 nitrogen and oxygen atoms in total. The van der Waals surface area contributed by atoms with E-state index in [0.717, 1.165) is 19.3 Å². The van der Waals surface area contributed by atoms with Gasteiger partial charge in [-0.05, 0) is 19.4 Å². The molecule has 1 aromatic carbocycles. The van der Waals surface area contributed by atoms with Crippen molar-refractivity contribution >= 4 is 15.7 Å². The highest BCUT2D eigenvalue weighted by Crippen LogP contribution is 2.28. The van der Waals surface area contributed by atoms with E-state index in [4.69, 9.17) is 4.52 Å². The third-order valence-corrected chi connectivity index (χ3v) is 7.04. The van der Waals surface area contributed by atoms with Crippen LogP contribution in [0.1, 0.15) is 44.4 Å². The van der Waals surface area contributed by atoms with Crippen molar-refractivity contribution in [3.8, 4) is 0 Å². The van der Waals surface area contributed by atoms with E-state index in [9.17, 15) is 18.5 Å². The summed E-state index contributed by atoms with van der Waals surface area (Å²) in [5, 5.41) is 15.2. The molecule has 1 saturated heterocycles. The zero-order chi connectivity index (χ0) is 21.0. The van der Waals surface area contributed by atoms with Gasteiger partial charge in [-0.1, -0.05) is 30.6 Å². The molecule has 1 atom stereocenters. The first kappa shape index (κ1) is 21.3. The van der Waals surface area contributed by atoms with Gasteiger partial charge in [0.05, 0.1) is 11.0 Å². The van der Waals surface area contributed by atoms with Crippen LogP contribution in [0.15, 0.2) is 33.7 Å². The van der Waals surface area contributed by atoms with Crippen molar-refractivity contribution in [2.45, 2.75) is 44.0 Å². The van der Waals surface area contributed by atoms with E-state index in [-0.39, 0.29) is 24.0 Å². The monoisotopic (exact) mass is 423 g/mol. The molecule has 0 bridgehead atoms. The number of benzene rings is 1. The SMILES string of the molecule is CCCCc1noc(C(C)N2CCN(S(=O)(=O)c3ccccc3[N+](=O)[O-])CC2)n1. The molecule has 158 valence electrons. The van der Waals surface area contributed by atoms with Gasteiger partial charge in [0.15, 0.2) is 10.7 Å². The molecule has 1 unspecified atom stereocenters. The Kier molecular flexibility index (Phi) is 6.60. The van der Waals surface area contributed by atoms with Crippen LogP contribution in [-0.2, 0) is 16.4 Å². The van der Waals surface area contributed by atoms with E-state index in [1.54, 1.807) is 0 Å². The van der Waals surface area contributed by atoms with Gasteiger partial charge in [0, 0.05) is 38.7 Å². The predicted octanol–water partition coefficient (Wildman–Crippen LogP) is 2.39. The topological polar surface area (TPSA) is 123 Å². The van der Waals surface area contributed by atoms with Gasteiger partial charge >= 0.3 is 0 Å². The second-order valence-electron chi connectivity index (χ2n) is 6.99. The second-order valence-corrected chi connectivity index (χ2v) is 8.90. The minimum absolute atomic E-state index is 0.131. The minimum Gasteiger partial charge on any atom is -0.338 e. The summed E-state index contributed by atoms with van der Waals surface area (Å²) in [6, 6.07) is 5.30. The van der Waals surface area contributed by atoms with Crippen LogP contribution in [-0.4, -0.2) is 58.9 Å². The van der Waals surface area contributed by atoms with Crippen LogP contribution in [0, 0.1) is 10.1 Å².